The van der Waals surface area contributed by atoms with Gasteiger partial charge in [0.1, 0.15) is 5.69 Å². The highest BCUT2D eigenvalue weighted by Crippen LogP contribution is 2.12. The van der Waals surface area contributed by atoms with Crippen molar-refractivity contribution < 1.29 is 4.79 Å². The summed E-state index contributed by atoms with van der Waals surface area (Å²) in [5, 5.41) is 9.29. The molecule has 1 aromatic carbocycles. The summed E-state index contributed by atoms with van der Waals surface area (Å²) in [7, 11) is 0. The summed E-state index contributed by atoms with van der Waals surface area (Å²) in [6.45, 7) is 4.67. The standard InChI is InChI=1S/C15H20N4O/c1-2-19(13-7-4-3-5-8-13)12-6-10-16-15(20)14-9-11-17-18-14/h3-5,7-9,11H,2,6,10,12H2,1H3,(H,16,20)(H,17,18). The lowest BCUT2D eigenvalue weighted by Crippen LogP contribution is -2.30. The van der Waals surface area contributed by atoms with Gasteiger partial charge in [-0.15, -0.1) is 0 Å². The Morgan fingerprint density at radius 3 is 2.75 bits per heavy atom. The van der Waals surface area contributed by atoms with Crippen molar-refractivity contribution in [1.82, 2.24) is 15.5 Å². The molecule has 0 radical (unpaired) electrons. The molecule has 0 aliphatic carbocycles. The number of rotatable bonds is 7. The van der Waals surface area contributed by atoms with E-state index in [-0.39, 0.29) is 5.91 Å². The molecular weight excluding hydrogens is 252 g/mol. The molecule has 2 aromatic rings. The van der Waals surface area contributed by atoms with Crippen molar-refractivity contribution in [2.75, 3.05) is 24.5 Å². The topological polar surface area (TPSA) is 61.0 Å². The predicted octanol–water partition coefficient (Wildman–Crippen LogP) is 2.06. The van der Waals surface area contributed by atoms with Gasteiger partial charge >= 0.3 is 0 Å². The molecule has 1 heterocycles. The number of hydrogen-bond acceptors (Lipinski definition) is 3. The van der Waals surface area contributed by atoms with Crippen LogP contribution in [-0.2, 0) is 0 Å². The molecule has 2 rings (SSSR count). The maximum absolute atomic E-state index is 11.7. The highest BCUT2D eigenvalue weighted by Gasteiger charge is 2.06. The van der Waals surface area contributed by atoms with E-state index in [1.54, 1.807) is 12.3 Å². The van der Waals surface area contributed by atoms with Gasteiger partial charge in [0, 0.05) is 31.5 Å². The van der Waals surface area contributed by atoms with Crippen LogP contribution in [0.25, 0.3) is 0 Å². The van der Waals surface area contributed by atoms with Gasteiger partial charge in [0.25, 0.3) is 5.91 Å². The van der Waals surface area contributed by atoms with Crippen LogP contribution in [0.5, 0.6) is 0 Å². The van der Waals surface area contributed by atoms with Crippen molar-refractivity contribution in [3.8, 4) is 0 Å². The Kier molecular flexibility index (Phi) is 5.17. The Morgan fingerprint density at radius 2 is 2.10 bits per heavy atom. The number of carbonyl (C=O) groups excluding carboxylic acids is 1. The zero-order valence-electron chi connectivity index (χ0n) is 11.7. The summed E-state index contributed by atoms with van der Waals surface area (Å²) < 4.78 is 0. The molecule has 0 saturated heterocycles. The molecule has 1 amide bonds. The Labute approximate surface area is 119 Å². The van der Waals surface area contributed by atoms with Gasteiger partial charge in [0.05, 0.1) is 0 Å². The van der Waals surface area contributed by atoms with Gasteiger partial charge < -0.3 is 10.2 Å². The third kappa shape index (κ3) is 3.85. The van der Waals surface area contributed by atoms with E-state index >= 15 is 0 Å². The summed E-state index contributed by atoms with van der Waals surface area (Å²) in [4.78, 5) is 14.0. The molecule has 1 aromatic heterocycles. The first-order chi connectivity index (χ1) is 9.81. The van der Waals surface area contributed by atoms with Crippen LogP contribution >= 0.6 is 0 Å². The van der Waals surface area contributed by atoms with Gasteiger partial charge in [0.2, 0.25) is 0 Å². The van der Waals surface area contributed by atoms with Gasteiger partial charge in [0.15, 0.2) is 0 Å². The van der Waals surface area contributed by atoms with Gasteiger partial charge in [-0.2, -0.15) is 5.10 Å². The molecule has 0 bridgehead atoms. The highest BCUT2D eigenvalue weighted by atomic mass is 16.1. The number of carbonyl (C=O) groups is 1. The molecule has 0 aliphatic rings. The van der Waals surface area contributed by atoms with E-state index in [0.717, 1.165) is 19.5 Å². The van der Waals surface area contributed by atoms with Crippen LogP contribution in [-0.4, -0.2) is 35.7 Å². The first-order valence-electron chi connectivity index (χ1n) is 6.89. The number of H-pyrrole nitrogens is 1. The lowest BCUT2D eigenvalue weighted by molar-refractivity contribution is 0.0948. The average molecular weight is 272 g/mol. The van der Waals surface area contributed by atoms with Crippen LogP contribution < -0.4 is 10.2 Å². The molecule has 0 spiro atoms. The van der Waals surface area contributed by atoms with Crippen molar-refractivity contribution in [2.24, 2.45) is 0 Å². The number of nitrogens with one attached hydrogen (secondary N) is 2. The minimum absolute atomic E-state index is 0.106. The van der Waals surface area contributed by atoms with E-state index in [0.29, 0.717) is 12.2 Å². The molecule has 2 N–H and O–H groups in total. The summed E-state index contributed by atoms with van der Waals surface area (Å²) in [5.74, 6) is -0.106. The minimum Gasteiger partial charge on any atom is -0.372 e. The highest BCUT2D eigenvalue weighted by molar-refractivity contribution is 5.92. The fourth-order valence-corrected chi connectivity index (χ4v) is 2.06. The van der Waals surface area contributed by atoms with Gasteiger partial charge in [-0.3, -0.25) is 9.89 Å². The number of nitrogens with zero attached hydrogens (tertiary/aromatic N) is 2. The van der Waals surface area contributed by atoms with Crippen molar-refractivity contribution in [3.63, 3.8) is 0 Å². The van der Waals surface area contributed by atoms with Gasteiger partial charge in [-0.25, -0.2) is 0 Å². The molecule has 106 valence electrons. The van der Waals surface area contributed by atoms with E-state index in [4.69, 9.17) is 0 Å². The van der Waals surface area contributed by atoms with Crippen molar-refractivity contribution in [3.05, 3.63) is 48.3 Å². The number of aromatic amines is 1. The molecule has 0 fully saturated rings. The Morgan fingerprint density at radius 1 is 1.30 bits per heavy atom. The molecule has 0 unspecified atom stereocenters. The van der Waals surface area contributed by atoms with E-state index < -0.39 is 0 Å². The van der Waals surface area contributed by atoms with Crippen LogP contribution in [0.15, 0.2) is 42.6 Å². The van der Waals surface area contributed by atoms with E-state index in [9.17, 15) is 4.79 Å². The molecule has 5 heteroatoms. The molecule has 20 heavy (non-hydrogen) atoms. The average Bonchev–Trinajstić information content (AvgIpc) is 3.02. The first-order valence-corrected chi connectivity index (χ1v) is 6.89. The lowest BCUT2D eigenvalue weighted by Gasteiger charge is -2.23. The number of para-hydroxylation sites is 1. The van der Waals surface area contributed by atoms with Gasteiger partial charge in [-0.05, 0) is 31.5 Å². The second-order valence-corrected chi connectivity index (χ2v) is 4.49. The molecule has 0 atom stereocenters. The summed E-state index contributed by atoms with van der Waals surface area (Å²) in [6.07, 6.45) is 2.48. The van der Waals surface area contributed by atoms with Crippen molar-refractivity contribution >= 4 is 11.6 Å². The SMILES string of the molecule is CCN(CCCNC(=O)c1ccn[nH]1)c1ccccc1. The van der Waals surface area contributed by atoms with E-state index in [2.05, 4.69) is 39.5 Å². The third-order valence-electron chi connectivity index (χ3n) is 3.14. The molecule has 0 aliphatic heterocycles. The quantitative estimate of drug-likeness (QED) is 0.758. The Balaban J connectivity index is 1.73. The number of benzene rings is 1. The monoisotopic (exact) mass is 272 g/mol. The zero-order chi connectivity index (χ0) is 14.2. The number of aromatic nitrogens is 2. The van der Waals surface area contributed by atoms with Crippen LogP contribution in [0.4, 0.5) is 5.69 Å². The Hall–Kier alpha value is -2.30. The third-order valence-corrected chi connectivity index (χ3v) is 3.14. The van der Waals surface area contributed by atoms with Crippen LogP contribution in [0.2, 0.25) is 0 Å². The second kappa shape index (κ2) is 7.33. The number of anilines is 1. The second-order valence-electron chi connectivity index (χ2n) is 4.49. The fourth-order valence-electron chi connectivity index (χ4n) is 2.06. The summed E-state index contributed by atoms with van der Waals surface area (Å²) in [6, 6.07) is 12.0. The first kappa shape index (κ1) is 14.1. The summed E-state index contributed by atoms with van der Waals surface area (Å²) in [5.41, 5.74) is 1.72. The smallest absolute Gasteiger partial charge is 0.269 e. The maximum atomic E-state index is 11.7. The van der Waals surface area contributed by atoms with Crippen molar-refractivity contribution in [2.45, 2.75) is 13.3 Å². The molecule has 5 nitrogen and oxygen atoms in total. The zero-order valence-corrected chi connectivity index (χ0v) is 11.7. The van der Waals surface area contributed by atoms with Crippen molar-refractivity contribution in [1.29, 1.82) is 0 Å². The van der Waals surface area contributed by atoms with E-state index in [1.807, 2.05) is 18.2 Å². The van der Waals surface area contributed by atoms with Crippen LogP contribution in [0, 0.1) is 0 Å². The summed E-state index contributed by atoms with van der Waals surface area (Å²) >= 11 is 0. The normalized spacial score (nSPS) is 10.2. The largest absolute Gasteiger partial charge is 0.372 e. The Bertz CT molecular complexity index is 510. The van der Waals surface area contributed by atoms with Gasteiger partial charge in [-0.1, -0.05) is 18.2 Å². The minimum atomic E-state index is -0.106. The van der Waals surface area contributed by atoms with Crippen LogP contribution in [0.3, 0.4) is 0 Å². The predicted molar refractivity (Wildman–Crippen MR) is 79.9 cm³/mol. The van der Waals surface area contributed by atoms with E-state index in [1.165, 1.54) is 5.69 Å². The number of hydrogen-bond donors (Lipinski definition) is 2. The number of amides is 1. The fraction of sp³-hybridized carbons (Fsp3) is 0.333. The maximum Gasteiger partial charge on any atom is 0.269 e. The van der Waals surface area contributed by atoms with Crippen LogP contribution in [0.1, 0.15) is 23.8 Å². The lowest BCUT2D eigenvalue weighted by atomic mass is 10.2. The molecule has 0 saturated carbocycles. The molecular formula is C15H20N4O.